The topological polar surface area (TPSA) is 53.6 Å². The van der Waals surface area contributed by atoms with Crippen LogP contribution >= 0.6 is 0 Å². The van der Waals surface area contributed by atoms with Crippen LogP contribution < -0.4 is 15.4 Å². The van der Waals surface area contributed by atoms with E-state index < -0.39 is 0 Å². The second-order valence-corrected chi connectivity index (χ2v) is 5.42. The summed E-state index contributed by atoms with van der Waals surface area (Å²) in [6.45, 7) is 4.60. The Hall–Kier alpha value is -1.75. The number of benzene rings is 1. The fourth-order valence-electron chi connectivity index (χ4n) is 1.99. The third-order valence-electron chi connectivity index (χ3n) is 3.57. The van der Waals surface area contributed by atoms with Gasteiger partial charge in [0, 0.05) is 12.6 Å². The zero-order chi connectivity index (χ0) is 15.8. The molecule has 0 radical (unpaired) electrons. The van der Waals surface area contributed by atoms with Gasteiger partial charge in [-0.3, -0.25) is 0 Å². The van der Waals surface area contributed by atoms with Crippen LogP contribution in [0, 0.1) is 0 Å². The number of ether oxygens (including phenoxy) is 1. The van der Waals surface area contributed by atoms with Gasteiger partial charge in [-0.05, 0) is 45.1 Å². The fourth-order valence-corrected chi connectivity index (χ4v) is 1.99. The number of nitrogens with one attached hydrogen (secondary N) is 2. The summed E-state index contributed by atoms with van der Waals surface area (Å²) in [7, 11) is 5.66. The first-order valence-corrected chi connectivity index (χ1v) is 7.32. The van der Waals surface area contributed by atoms with Crippen LogP contribution in [0.5, 0.6) is 5.75 Å². The van der Waals surface area contributed by atoms with Crippen molar-refractivity contribution in [2.45, 2.75) is 32.4 Å². The van der Waals surface area contributed by atoms with Crippen LogP contribution in [-0.2, 0) is 0 Å². The van der Waals surface area contributed by atoms with Crippen LogP contribution in [0.3, 0.4) is 0 Å². The lowest BCUT2D eigenvalue weighted by atomic mass is 10.1. The number of carbonyl (C=O) groups excluding carboxylic acids is 1. The molecule has 0 aliphatic carbocycles. The quantitative estimate of drug-likeness (QED) is 0.811. The number of hydrogen-bond acceptors (Lipinski definition) is 3. The van der Waals surface area contributed by atoms with Crippen LogP contribution in [0.2, 0.25) is 0 Å². The second kappa shape index (κ2) is 8.52. The van der Waals surface area contributed by atoms with Crippen molar-refractivity contribution < 1.29 is 9.53 Å². The lowest BCUT2D eigenvalue weighted by molar-refractivity contribution is 0.229. The van der Waals surface area contributed by atoms with Crippen LogP contribution in [0.25, 0.3) is 0 Å². The van der Waals surface area contributed by atoms with Crippen LogP contribution in [0.1, 0.15) is 31.9 Å². The Labute approximate surface area is 127 Å². The molecular weight excluding hydrogens is 266 g/mol. The normalized spacial score (nSPS) is 13.6. The number of carbonyl (C=O) groups is 1. The molecule has 0 heterocycles. The maximum atomic E-state index is 11.8. The molecule has 5 nitrogen and oxygen atoms in total. The van der Waals surface area contributed by atoms with E-state index in [-0.39, 0.29) is 18.1 Å². The zero-order valence-electron chi connectivity index (χ0n) is 13.6. The Morgan fingerprint density at radius 2 is 1.90 bits per heavy atom. The predicted molar refractivity (Wildman–Crippen MR) is 85.7 cm³/mol. The highest BCUT2D eigenvalue weighted by Gasteiger charge is 2.15. The average Bonchev–Trinajstić information content (AvgIpc) is 2.47. The molecule has 1 aromatic rings. The van der Waals surface area contributed by atoms with Crippen LogP contribution in [0.15, 0.2) is 24.3 Å². The van der Waals surface area contributed by atoms with E-state index in [1.165, 1.54) is 0 Å². The molecule has 1 rings (SSSR count). The van der Waals surface area contributed by atoms with Gasteiger partial charge in [-0.2, -0.15) is 0 Å². The van der Waals surface area contributed by atoms with E-state index in [4.69, 9.17) is 4.74 Å². The summed E-state index contributed by atoms with van der Waals surface area (Å²) in [4.78, 5) is 13.9. The molecule has 0 bridgehead atoms. The molecule has 2 N–H and O–H groups in total. The summed E-state index contributed by atoms with van der Waals surface area (Å²) in [5.41, 5.74) is 1.14. The van der Waals surface area contributed by atoms with Gasteiger partial charge in [0.15, 0.2) is 0 Å². The molecule has 1 aromatic carbocycles. The molecule has 0 aromatic heterocycles. The van der Waals surface area contributed by atoms with Crippen molar-refractivity contribution >= 4 is 6.03 Å². The molecule has 0 aliphatic heterocycles. The highest BCUT2D eigenvalue weighted by molar-refractivity contribution is 5.74. The molecule has 2 atom stereocenters. The Bertz CT molecular complexity index is 432. The maximum absolute atomic E-state index is 11.8. The number of nitrogens with zero attached hydrogens (tertiary/aromatic N) is 1. The summed E-state index contributed by atoms with van der Waals surface area (Å²) in [6.07, 6.45) is 0.920. The van der Waals surface area contributed by atoms with Gasteiger partial charge in [0.1, 0.15) is 5.75 Å². The number of rotatable bonds is 7. The molecular formula is C16H27N3O2. The molecule has 21 heavy (non-hydrogen) atoms. The zero-order valence-corrected chi connectivity index (χ0v) is 13.6. The highest BCUT2D eigenvalue weighted by atomic mass is 16.5. The summed E-state index contributed by atoms with van der Waals surface area (Å²) in [5.74, 6) is 0.832. The molecule has 0 aliphatic rings. The van der Waals surface area contributed by atoms with Crippen LogP contribution in [-0.4, -0.2) is 44.7 Å². The average molecular weight is 293 g/mol. The summed E-state index contributed by atoms with van der Waals surface area (Å²) in [5, 5.41) is 5.84. The molecule has 2 unspecified atom stereocenters. The first-order valence-electron chi connectivity index (χ1n) is 7.32. The number of urea groups is 1. The second-order valence-electron chi connectivity index (χ2n) is 5.42. The Balaban J connectivity index is 2.63. The van der Waals surface area contributed by atoms with Gasteiger partial charge in [0.2, 0.25) is 0 Å². The van der Waals surface area contributed by atoms with Crippen molar-refractivity contribution in [2.75, 3.05) is 27.7 Å². The van der Waals surface area contributed by atoms with Gasteiger partial charge in [0.25, 0.3) is 0 Å². The molecule has 118 valence electrons. The fraction of sp³-hybridized carbons (Fsp3) is 0.562. The minimum atomic E-state index is -0.121. The summed E-state index contributed by atoms with van der Waals surface area (Å²) in [6, 6.07) is 8.11. The third-order valence-corrected chi connectivity index (χ3v) is 3.57. The Morgan fingerprint density at radius 3 is 2.38 bits per heavy atom. The van der Waals surface area contributed by atoms with Gasteiger partial charge in [-0.15, -0.1) is 0 Å². The SMILES string of the molecule is CCC(C)NC(=O)NCC(c1ccc(OC)cc1)N(C)C. The third kappa shape index (κ3) is 5.63. The number of amides is 2. The maximum Gasteiger partial charge on any atom is 0.315 e. The largest absolute Gasteiger partial charge is 0.497 e. The minimum Gasteiger partial charge on any atom is -0.497 e. The molecule has 0 saturated carbocycles. The smallest absolute Gasteiger partial charge is 0.315 e. The lowest BCUT2D eigenvalue weighted by Crippen LogP contribution is -2.43. The number of hydrogen-bond donors (Lipinski definition) is 2. The van der Waals surface area contributed by atoms with Crippen LogP contribution in [0.4, 0.5) is 4.79 Å². The Kier molecular flexibility index (Phi) is 7.02. The van der Waals surface area contributed by atoms with E-state index in [9.17, 15) is 4.79 Å². The monoisotopic (exact) mass is 293 g/mol. The van der Waals surface area contributed by atoms with Gasteiger partial charge in [0.05, 0.1) is 13.2 Å². The van der Waals surface area contributed by atoms with Crippen molar-refractivity contribution in [3.63, 3.8) is 0 Å². The Morgan fingerprint density at radius 1 is 1.29 bits per heavy atom. The van der Waals surface area contributed by atoms with E-state index >= 15 is 0 Å². The van der Waals surface area contributed by atoms with Crippen molar-refractivity contribution in [3.8, 4) is 5.75 Å². The molecule has 0 spiro atoms. The van der Waals surface area contributed by atoms with E-state index in [0.717, 1.165) is 17.7 Å². The first-order chi connectivity index (χ1) is 9.97. The standard InChI is InChI=1S/C16H27N3O2/c1-6-12(2)18-16(20)17-11-15(19(3)4)13-7-9-14(21-5)10-8-13/h7-10,12,15H,6,11H2,1-5H3,(H2,17,18,20). The van der Waals surface area contributed by atoms with Gasteiger partial charge >= 0.3 is 6.03 Å². The van der Waals surface area contributed by atoms with Crippen molar-refractivity contribution in [1.82, 2.24) is 15.5 Å². The molecule has 2 amide bonds. The first kappa shape index (κ1) is 17.3. The predicted octanol–water partition coefficient (Wildman–Crippen LogP) is 2.40. The van der Waals surface area contributed by atoms with Crippen molar-refractivity contribution in [1.29, 1.82) is 0 Å². The number of methoxy groups -OCH3 is 1. The van der Waals surface area contributed by atoms with Gasteiger partial charge < -0.3 is 20.3 Å². The van der Waals surface area contributed by atoms with E-state index in [0.29, 0.717) is 6.54 Å². The van der Waals surface area contributed by atoms with Crippen molar-refractivity contribution in [2.24, 2.45) is 0 Å². The number of likely N-dealkylation sites (N-methyl/N-ethyl adjacent to an activating group) is 1. The van der Waals surface area contributed by atoms with Gasteiger partial charge in [-0.25, -0.2) is 4.79 Å². The van der Waals surface area contributed by atoms with E-state index in [1.54, 1.807) is 7.11 Å². The lowest BCUT2D eigenvalue weighted by Gasteiger charge is -2.25. The molecule has 0 fully saturated rings. The molecule has 0 saturated heterocycles. The highest BCUT2D eigenvalue weighted by Crippen LogP contribution is 2.20. The summed E-state index contributed by atoms with van der Waals surface area (Å²) < 4.78 is 5.17. The summed E-state index contributed by atoms with van der Waals surface area (Å²) >= 11 is 0. The van der Waals surface area contributed by atoms with E-state index in [1.807, 2.05) is 52.2 Å². The van der Waals surface area contributed by atoms with Crippen molar-refractivity contribution in [3.05, 3.63) is 29.8 Å². The minimum absolute atomic E-state index is 0.121. The molecule has 5 heteroatoms. The van der Waals surface area contributed by atoms with Gasteiger partial charge in [-0.1, -0.05) is 19.1 Å². The van der Waals surface area contributed by atoms with E-state index in [2.05, 4.69) is 15.5 Å².